The molecule has 4 rings (SSSR count). The topological polar surface area (TPSA) is 98.5 Å². The molecule has 0 aliphatic heterocycles. The van der Waals surface area contributed by atoms with Crippen LogP contribution in [0.15, 0.2) is 115 Å². The first-order valence-electron chi connectivity index (χ1n) is 11.8. The number of ether oxygens (including phenoxy) is 1. The second-order valence-electron chi connectivity index (χ2n) is 8.49. The quantitative estimate of drug-likeness (QED) is 0.156. The van der Waals surface area contributed by atoms with Crippen LogP contribution in [0.2, 0.25) is 0 Å². The van der Waals surface area contributed by atoms with Gasteiger partial charge in [-0.15, -0.1) is 0 Å². The van der Waals surface area contributed by atoms with E-state index in [-0.39, 0.29) is 12.1 Å². The summed E-state index contributed by atoms with van der Waals surface area (Å²) < 4.78 is 4.99. The van der Waals surface area contributed by atoms with Gasteiger partial charge < -0.3 is 10.1 Å². The van der Waals surface area contributed by atoms with Crippen LogP contribution in [0.25, 0.3) is 0 Å². The highest BCUT2D eigenvalue weighted by Crippen LogP contribution is 2.39. The van der Waals surface area contributed by atoms with Crippen molar-refractivity contribution in [2.45, 2.75) is 17.9 Å². The average molecular weight is 495 g/mol. The van der Waals surface area contributed by atoms with E-state index in [0.717, 1.165) is 0 Å². The van der Waals surface area contributed by atoms with E-state index in [2.05, 4.69) is 5.32 Å². The average Bonchev–Trinajstić information content (AvgIpc) is 2.94. The Morgan fingerprint density at radius 3 is 1.65 bits per heavy atom. The fourth-order valence-electron chi connectivity index (χ4n) is 4.64. The predicted octanol–water partition coefficient (Wildman–Crippen LogP) is 4.83. The zero-order chi connectivity index (χ0) is 26.3. The molecule has 0 aromatic heterocycles. The van der Waals surface area contributed by atoms with Crippen molar-refractivity contribution in [2.75, 3.05) is 7.11 Å². The Labute approximate surface area is 214 Å². The Morgan fingerprint density at radius 1 is 0.784 bits per heavy atom. The molecule has 0 bridgehead atoms. The van der Waals surface area contributed by atoms with Crippen molar-refractivity contribution < 1.29 is 19.2 Å². The standard InChI is InChI=1S/C30H26N2O5/c1-37-28(33)26(21-22-13-11-12-20-27(22)32(35)36)31-29(34)30(23-14-5-2-6-15-23,24-16-7-3-8-17-24)25-18-9-4-10-19-25/h2-20,26H,21H2,1H3,(H,31,34)/t26-/m0/s1. The summed E-state index contributed by atoms with van der Waals surface area (Å²) in [5, 5.41) is 14.5. The Morgan fingerprint density at radius 2 is 1.22 bits per heavy atom. The molecule has 0 aliphatic carbocycles. The second-order valence-corrected chi connectivity index (χ2v) is 8.49. The highest BCUT2D eigenvalue weighted by Gasteiger charge is 2.45. The molecule has 37 heavy (non-hydrogen) atoms. The molecule has 0 radical (unpaired) electrons. The van der Waals surface area contributed by atoms with E-state index < -0.39 is 28.3 Å². The van der Waals surface area contributed by atoms with Crippen LogP contribution in [0.5, 0.6) is 0 Å². The van der Waals surface area contributed by atoms with Gasteiger partial charge in [0.25, 0.3) is 5.69 Å². The highest BCUT2D eigenvalue weighted by atomic mass is 16.6. The number of rotatable bonds is 9. The number of hydrogen-bond acceptors (Lipinski definition) is 5. The summed E-state index contributed by atoms with van der Waals surface area (Å²) in [6, 6.07) is 32.9. The van der Waals surface area contributed by atoms with Crippen LogP contribution in [0.4, 0.5) is 5.69 Å². The maximum Gasteiger partial charge on any atom is 0.328 e. The van der Waals surface area contributed by atoms with Gasteiger partial charge in [0.2, 0.25) is 5.91 Å². The van der Waals surface area contributed by atoms with Crippen molar-refractivity contribution in [1.29, 1.82) is 0 Å². The molecule has 1 amide bonds. The lowest BCUT2D eigenvalue weighted by Crippen LogP contribution is -2.52. The summed E-state index contributed by atoms with van der Waals surface area (Å²) in [6.45, 7) is 0. The lowest BCUT2D eigenvalue weighted by Gasteiger charge is -2.35. The van der Waals surface area contributed by atoms with Gasteiger partial charge in [0, 0.05) is 18.1 Å². The summed E-state index contributed by atoms with van der Waals surface area (Å²) in [5.41, 5.74) is 0.996. The van der Waals surface area contributed by atoms with E-state index in [1.54, 1.807) is 18.2 Å². The number of carbonyl (C=O) groups is 2. The first-order valence-corrected chi connectivity index (χ1v) is 11.8. The first kappa shape index (κ1) is 25.3. The number of amides is 1. The summed E-state index contributed by atoms with van der Waals surface area (Å²) in [5.74, 6) is -1.15. The molecule has 0 fully saturated rings. The number of carbonyl (C=O) groups excluding carboxylic acids is 2. The third-order valence-electron chi connectivity index (χ3n) is 6.36. The molecule has 1 atom stereocenters. The van der Waals surface area contributed by atoms with Crippen molar-refractivity contribution in [3.05, 3.63) is 148 Å². The van der Waals surface area contributed by atoms with Gasteiger partial charge in [-0.25, -0.2) is 4.79 Å². The van der Waals surface area contributed by atoms with Crippen LogP contribution >= 0.6 is 0 Å². The predicted molar refractivity (Wildman–Crippen MR) is 140 cm³/mol. The number of methoxy groups -OCH3 is 1. The largest absolute Gasteiger partial charge is 0.467 e. The number of para-hydroxylation sites is 1. The minimum atomic E-state index is -1.31. The third kappa shape index (κ3) is 5.11. The van der Waals surface area contributed by atoms with Crippen molar-refractivity contribution in [3.8, 4) is 0 Å². The molecule has 7 heteroatoms. The van der Waals surface area contributed by atoms with E-state index >= 15 is 0 Å². The molecule has 7 nitrogen and oxygen atoms in total. The van der Waals surface area contributed by atoms with Crippen LogP contribution in [-0.4, -0.2) is 30.0 Å². The summed E-state index contributed by atoms with van der Waals surface area (Å²) in [6.07, 6.45) is -0.107. The van der Waals surface area contributed by atoms with E-state index in [0.29, 0.717) is 22.3 Å². The minimum absolute atomic E-state index is 0.107. The molecule has 0 unspecified atom stereocenters. The normalized spacial score (nSPS) is 11.8. The second kappa shape index (κ2) is 11.3. The van der Waals surface area contributed by atoms with Gasteiger partial charge in [0.1, 0.15) is 11.5 Å². The number of nitrogens with one attached hydrogen (secondary N) is 1. The summed E-state index contributed by atoms with van der Waals surface area (Å²) >= 11 is 0. The fraction of sp³-hybridized carbons (Fsp3) is 0.133. The van der Waals surface area contributed by atoms with E-state index in [9.17, 15) is 19.7 Å². The molecule has 4 aromatic rings. The fourth-order valence-corrected chi connectivity index (χ4v) is 4.64. The molecule has 4 aromatic carbocycles. The number of hydrogen-bond donors (Lipinski definition) is 1. The molecule has 0 saturated carbocycles. The Kier molecular flexibility index (Phi) is 7.74. The lowest BCUT2D eigenvalue weighted by molar-refractivity contribution is -0.385. The van der Waals surface area contributed by atoms with Gasteiger partial charge in [0.15, 0.2) is 0 Å². The maximum absolute atomic E-state index is 14.5. The smallest absolute Gasteiger partial charge is 0.328 e. The number of esters is 1. The zero-order valence-corrected chi connectivity index (χ0v) is 20.2. The van der Waals surface area contributed by atoms with Crippen molar-refractivity contribution in [3.63, 3.8) is 0 Å². The molecule has 1 N–H and O–H groups in total. The van der Waals surface area contributed by atoms with Gasteiger partial charge in [-0.05, 0) is 16.7 Å². The van der Waals surface area contributed by atoms with Gasteiger partial charge >= 0.3 is 5.97 Å². The van der Waals surface area contributed by atoms with Crippen LogP contribution < -0.4 is 5.32 Å². The van der Waals surface area contributed by atoms with Gasteiger partial charge in [0.05, 0.1) is 12.0 Å². The number of benzene rings is 4. The summed E-state index contributed by atoms with van der Waals surface area (Å²) in [4.78, 5) is 38.4. The van der Waals surface area contributed by atoms with Crippen LogP contribution in [0, 0.1) is 10.1 Å². The van der Waals surface area contributed by atoms with Crippen LogP contribution in [0.3, 0.4) is 0 Å². The number of nitro groups is 1. The SMILES string of the molecule is COC(=O)[C@H](Cc1ccccc1[N+](=O)[O-])NC(=O)C(c1ccccc1)(c1ccccc1)c1ccccc1. The van der Waals surface area contributed by atoms with Crippen LogP contribution in [0.1, 0.15) is 22.3 Å². The van der Waals surface area contributed by atoms with Crippen molar-refractivity contribution >= 4 is 17.6 Å². The van der Waals surface area contributed by atoms with E-state index in [1.165, 1.54) is 13.2 Å². The van der Waals surface area contributed by atoms with E-state index in [4.69, 9.17) is 4.74 Å². The van der Waals surface area contributed by atoms with Gasteiger partial charge in [-0.2, -0.15) is 0 Å². The van der Waals surface area contributed by atoms with Crippen LogP contribution in [-0.2, 0) is 26.2 Å². The minimum Gasteiger partial charge on any atom is -0.467 e. The Balaban J connectivity index is 1.86. The first-order chi connectivity index (χ1) is 18.0. The van der Waals surface area contributed by atoms with Crippen molar-refractivity contribution in [2.24, 2.45) is 0 Å². The molecule has 186 valence electrons. The Bertz CT molecular complexity index is 1280. The molecular weight excluding hydrogens is 468 g/mol. The number of nitro benzene ring substituents is 1. The highest BCUT2D eigenvalue weighted by molar-refractivity contribution is 5.98. The van der Waals surface area contributed by atoms with Crippen molar-refractivity contribution in [1.82, 2.24) is 5.32 Å². The lowest BCUT2D eigenvalue weighted by atomic mass is 9.68. The molecule has 0 aliphatic rings. The molecule has 0 heterocycles. The molecule has 0 spiro atoms. The number of nitrogens with zero attached hydrogens (tertiary/aromatic N) is 1. The van der Waals surface area contributed by atoms with E-state index in [1.807, 2.05) is 91.0 Å². The van der Waals surface area contributed by atoms with Gasteiger partial charge in [-0.3, -0.25) is 14.9 Å². The molecule has 0 saturated heterocycles. The summed E-state index contributed by atoms with van der Waals surface area (Å²) in [7, 11) is 1.22. The van der Waals surface area contributed by atoms with Gasteiger partial charge in [-0.1, -0.05) is 109 Å². The Hall–Kier alpha value is -4.78. The zero-order valence-electron chi connectivity index (χ0n) is 20.2. The molecular formula is C30H26N2O5. The third-order valence-corrected chi connectivity index (χ3v) is 6.36. The monoisotopic (exact) mass is 494 g/mol. The maximum atomic E-state index is 14.5.